The molecule has 2 aliphatic heterocycles. The molecule has 5 rings (SSSR count). The van der Waals surface area contributed by atoms with E-state index >= 15 is 0 Å². The van der Waals surface area contributed by atoms with E-state index in [4.69, 9.17) is 16.3 Å². The summed E-state index contributed by atoms with van der Waals surface area (Å²) in [6.07, 6.45) is 7.75. The molecule has 4 nitrogen and oxygen atoms in total. The molecule has 1 saturated heterocycles. The Hall–Kier alpha value is -2.10. The number of fused-ring (bicyclic) bond motifs is 2. The molecule has 1 fully saturated rings. The molecule has 0 amide bonds. The molecule has 0 aliphatic carbocycles. The second-order valence-corrected chi connectivity index (χ2v) is 17.1. The van der Waals surface area contributed by atoms with E-state index in [-0.39, 0.29) is 0 Å². The molecule has 2 aliphatic rings. The molecule has 200 valence electrons. The van der Waals surface area contributed by atoms with Crippen LogP contribution in [0.3, 0.4) is 0 Å². The molecule has 0 bridgehead atoms. The Balaban J connectivity index is 1.30. The van der Waals surface area contributed by atoms with E-state index < -0.39 is 20.3 Å². The zero-order valence-electron chi connectivity index (χ0n) is 22.7. The number of aliphatic hydroxyl groups is 1. The minimum atomic E-state index is -1.07. The van der Waals surface area contributed by atoms with Crippen molar-refractivity contribution < 1.29 is 9.84 Å². The van der Waals surface area contributed by atoms with Crippen molar-refractivity contribution in [1.82, 2.24) is 9.88 Å². The Morgan fingerprint density at radius 1 is 1.11 bits per heavy atom. The first-order chi connectivity index (χ1) is 18.3. The van der Waals surface area contributed by atoms with Crippen molar-refractivity contribution in [3.8, 4) is 5.75 Å². The number of halogens is 1. The molecule has 0 saturated carbocycles. The van der Waals surface area contributed by atoms with E-state index in [1.54, 1.807) is 4.35 Å². The normalized spacial score (nSPS) is 18.4. The van der Waals surface area contributed by atoms with E-state index in [1.807, 2.05) is 38.2 Å². The van der Waals surface area contributed by atoms with Crippen LogP contribution in [0.15, 0.2) is 66.9 Å². The molecule has 38 heavy (non-hydrogen) atoms. The first-order valence-electron chi connectivity index (χ1n) is 13.7. The number of nitrogens with zero attached hydrogens (tertiary/aromatic N) is 2. The molecule has 1 aromatic heterocycles. The topological polar surface area (TPSA) is 45.6 Å². The van der Waals surface area contributed by atoms with E-state index in [0.717, 1.165) is 56.4 Å². The summed E-state index contributed by atoms with van der Waals surface area (Å²) in [6.45, 7) is 9.87. The van der Waals surface area contributed by atoms with Gasteiger partial charge in [0, 0.05) is 0 Å². The first-order valence-corrected chi connectivity index (χ1v) is 17.4. The zero-order valence-corrected chi connectivity index (χ0v) is 25.3. The summed E-state index contributed by atoms with van der Waals surface area (Å²) >= 11 is 5.08. The molecule has 6 heteroatoms. The van der Waals surface area contributed by atoms with Gasteiger partial charge in [0.25, 0.3) is 0 Å². The van der Waals surface area contributed by atoms with Crippen molar-refractivity contribution in [2.24, 2.45) is 0 Å². The summed E-state index contributed by atoms with van der Waals surface area (Å²) in [7, 11) is 0. The Labute approximate surface area is 237 Å². The summed E-state index contributed by atoms with van der Waals surface area (Å²) < 4.78 is 8.60. The van der Waals surface area contributed by atoms with Crippen LogP contribution in [0.1, 0.15) is 62.4 Å². The second kappa shape index (κ2) is 12.0. The van der Waals surface area contributed by atoms with Gasteiger partial charge in [-0.3, -0.25) is 0 Å². The van der Waals surface area contributed by atoms with Gasteiger partial charge in [-0.2, -0.15) is 0 Å². The molecule has 1 unspecified atom stereocenters. The average Bonchev–Trinajstić information content (AvgIpc) is 3.07. The third-order valence-electron chi connectivity index (χ3n) is 7.81. The Morgan fingerprint density at radius 3 is 2.58 bits per heavy atom. The summed E-state index contributed by atoms with van der Waals surface area (Å²) in [5.41, 5.74) is 4.24. The zero-order chi connectivity index (χ0) is 26.7. The number of piperidine rings is 1. The maximum absolute atomic E-state index is 10.7. The average molecular weight is 593 g/mol. The molecular formula is C32H38AsClN2O2. The third-order valence-corrected chi connectivity index (χ3v) is 14.4. The fourth-order valence-corrected chi connectivity index (χ4v) is 11.5. The van der Waals surface area contributed by atoms with Crippen LogP contribution in [-0.2, 0) is 12.2 Å². The van der Waals surface area contributed by atoms with Gasteiger partial charge in [-0.1, -0.05) is 0 Å². The van der Waals surface area contributed by atoms with Crippen LogP contribution >= 0.6 is 11.6 Å². The molecule has 3 aromatic rings. The molecule has 1 atom stereocenters. The van der Waals surface area contributed by atoms with E-state index in [0.29, 0.717) is 6.61 Å². The van der Waals surface area contributed by atoms with Gasteiger partial charge in [-0.25, -0.2) is 0 Å². The van der Waals surface area contributed by atoms with E-state index in [9.17, 15) is 5.11 Å². The van der Waals surface area contributed by atoms with E-state index in [2.05, 4.69) is 59.3 Å². The van der Waals surface area contributed by atoms with Gasteiger partial charge in [-0.15, -0.1) is 0 Å². The molecule has 0 radical (unpaired) electrons. The van der Waals surface area contributed by atoms with Crippen LogP contribution in [0, 0.1) is 0 Å². The van der Waals surface area contributed by atoms with Crippen molar-refractivity contribution in [1.29, 1.82) is 0 Å². The quantitative estimate of drug-likeness (QED) is 0.316. The van der Waals surface area contributed by atoms with Crippen molar-refractivity contribution in [3.05, 3.63) is 94.3 Å². The van der Waals surface area contributed by atoms with Gasteiger partial charge in [0.1, 0.15) is 0 Å². The summed E-state index contributed by atoms with van der Waals surface area (Å²) in [4.78, 5) is 7.24. The van der Waals surface area contributed by atoms with Gasteiger partial charge < -0.3 is 5.11 Å². The number of pyridine rings is 1. The Bertz CT molecular complexity index is 1280. The predicted octanol–water partition coefficient (Wildman–Crippen LogP) is 6.56. The molecular weight excluding hydrogens is 555 g/mol. The number of likely N-dealkylation sites (tertiary alicyclic amines) is 1. The Morgan fingerprint density at radius 2 is 1.87 bits per heavy atom. The van der Waals surface area contributed by atoms with E-state index in [1.165, 1.54) is 31.1 Å². The molecule has 2 aromatic carbocycles. The molecule has 1 N–H and O–H groups in total. The van der Waals surface area contributed by atoms with Gasteiger partial charge in [0.2, 0.25) is 0 Å². The maximum atomic E-state index is 10.7. The second-order valence-electron chi connectivity index (χ2n) is 10.8. The number of ether oxygens (including phenoxy) is 1. The van der Waals surface area contributed by atoms with Crippen LogP contribution in [0.5, 0.6) is 5.75 Å². The van der Waals surface area contributed by atoms with Crippen molar-refractivity contribution in [2.75, 3.05) is 19.6 Å². The van der Waals surface area contributed by atoms with Crippen LogP contribution < -0.4 is 9.09 Å². The molecule has 0 spiro atoms. The third kappa shape index (κ3) is 6.20. The molecule has 3 heterocycles. The van der Waals surface area contributed by atoms with Gasteiger partial charge >= 0.3 is 219 Å². The first kappa shape index (κ1) is 27.5. The summed E-state index contributed by atoms with van der Waals surface area (Å²) in [5, 5.41) is 12.8. The van der Waals surface area contributed by atoms with Gasteiger partial charge in [-0.05, 0) is 13.8 Å². The van der Waals surface area contributed by atoms with Crippen LogP contribution in [-0.4, -0.2) is 49.3 Å². The van der Waals surface area contributed by atoms with Crippen LogP contribution in [0.4, 0.5) is 0 Å². The summed E-state index contributed by atoms with van der Waals surface area (Å²) in [6, 6.07) is 18.8. The fourth-order valence-electron chi connectivity index (χ4n) is 5.69. The Kier molecular flexibility index (Phi) is 8.65. The van der Waals surface area contributed by atoms with Crippen molar-refractivity contribution >= 4 is 36.2 Å². The predicted molar refractivity (Wildman–Crippen MR) is 159 cm³/mol. The fraction of sp³-hybridized carbons (Fsp3) is 0.406. The van der Waals surface area contributed by atoms with Crippen LogP contribution in [0.2, 0.25) is 14.9 Å². The summed E-state index contributed by atoms with van der Waals surface area (Å²) in [5.74, 6) is 0.848. The standard InChI is InChI=1S/C32H38AsClN2O2/c1-4-33(24-10-12-26(34)13-11-24)25-15-19-36(20-16-25)18-6-8-27-28-7-5-17-35-30(28)22-38-31-14-9-23(21-29(27)31)32(2,3)37/h5,7-14,17,21,25,37H,4,6,15-16,18-20,22H2,1-3H3/b27-8-. The number of hydrogen-bond donors (Lipinski definition) is 1. The van der Waals surface area contributed by atoms with Gasteiger partial charge in [0.05, 0.1) is 0 Å². The van der Waals surface area contributed by atoms with Crippen molar-refractivity contribution in [2.45, 2.75) is 62.2 Å². The van der Waals surface area contributed by atoms with Gasteiger partial charge in [0.15, 0.2) is 0 Å². The minimum absolute atomic E-state index is 0.451. The number of benzene rings is 2. The number of aromatic nitrogens is 1. The monoisotopic (exact) mass is 592 g/mol. The number of hydrogen-bond acceptors (Lipinski definition) is 4. The van der Waals surface area contributed by atoms with Crippen molar-refractivity contribution in [3.63, 3.8) is 0 Å². The van der Waals surface area contributed by atoms with Crippen LogP contribution in [0.25, 0.3) is 5.57 Å². The SMILES string of the molecule is CC[As](c1ccc(Cl)cc1)C1CCN(CC/C=C2\c3cc(C(C)(C)O)ccc3OCc3ncccc32)CC1. The number of rotatable bonds is 7.